The molecule has 3 heteroatoms. The smallest absolute Gasteiger partial charge is 0.279 e. The van der Waals surface area contributed by atoms with Crippen LogP contribution in [0.15, 0.2) is 48.7 Å². The summed E-state index contributed by atoms with van der Waals surface area (Å²) in [5.41, 5.74) is 1.28. The Hall–Kier alpha value is -1.87. The minimum absolute atomic E-state index is 0.422. The first-order valence-electron chi connectivity index (χ1n) is 8.76. The summed E-state index contributed by atoms with van der Waals surface area (Å²) < 4.78 is 2.19. The van der Waals surface area contributed by atoms with Crippen LogP contribution in [0.1, 0.15) is 43.2 Å². The lowest BCUT2D eigenvalue weighted by Crippen LogP contribution is -2.51. The van der Waals surface area contributed by atoms with Crippen LogP contribution in [0.3, 0.4) is 0 Å². The van der Waals surface area contributed by atoms with E-state index < -0.39 is 5.72 Å². The molecule has 4 rings (SSSR count). The molecule has 23 heavy (non-hydrogen) atoms. The Labute approximate surface area is 138 Å². The Morgan fingerprint density at radius 3 is 2.52 bits per heavy atom. The number of aliphatic hydroxyl groups is 1. The van der Waals surface area contributed by atoms with E-state index in [1.807, 2.05) is 6.07 Å². The number of nitrogens with zero attached hydrogens (tertiary/aromatic N) is 2. The summed E-state index contributed by atoms with van der Waals surface area (Å²) in [6.07, 6.45) is 8.27. The second-order valence-electron chi connectivity index (χ2n) is 7.03. The van der Waals surface area contributed by atoms with Gasteiger partial charge in [-0.2, -0.15) is 0 Å². The van der Waals surface area contributed by atoms with Crippen LogP contribution >= 0.6 is 0 Å². The van der Waals surface area contributed by atoms with E-state index in [-0.39, 0.29) is 0 Å². The van der Waals surface area contributed by atoms with Crippen molar-refractivity contribution in [3.05, 3.63) is 59.8 Å². The maximum Gasteiger partial charge on any atom is 0.279 e. The molecule has 2 aromatic rings. The van der Waals surface area contributed by atoms with Gasteiger partial charge in [-0.1, -0.05) is 42.3 Å². The lowest BCUT2D eigenvalue weighted by atomic mass is 9.91. The van der Waals surface area contributed by atoms with E-state index in [9.17, 15) is 5.11 Å². The Morgan fingerprint density at radius 2 is 1.78 bits per heavy atom. The van der Waals surface area contributed by atoms with Crippen molar-refractivity contribution in [3.8, 4) is 0 Å². The van der Waals surface area contributed by atoms with Crippen LogP contribution in [0.5, 0.6) is 0 Å². The van der Waals surface area contributed by atoms with E-state index in [1.54, 1.807) is 0 Å². The average Bonchev–Trinajstić information content (AvgIpc) is 2.89. The molecule has 2 heterocycles. The van der Waals surface area contributed by atoms with Gasteiger partial charge in [-0.05, 0) is 38.7 Å². The van der Waals surface area contributed by atoms with Crippen molar-refractivity contribution in [2.45, 2.75) is 57.3 Å². The molecule has 0 unspecified atom stereocenters. The zero-order chi connectivity index (χ0) is 15.9. The summed E-state index contributed by atoms with van der Waals surface area (Å²) in [5, 5.41) is 11.7. The second kappa shape index (κ2) is 5.64. The molecule has 0 amide bonds. The lowest BCUT2D eigenvalue weighted by Gasteiger charge is -2.35. The van der Waals surface area contributed by atoms with Crippen molar-refractivity contribution in [1.29, 1.82) is 0 Å². The molecular formula is C20H25N2O+. The zero-order valence-electron chi connectivity index (χ0n) is 13.8. The normalized spacial score (nSPS) is 24.7. The van der Waals surface area contributed by atoms with E-state index in [4.69, 9.17) is 0 Å². The van der Waals surface area contributed by atoms with Crippen LogP contribution in [0, 0.1) is 6.92 Å². The number of benzene rings is 1. The van der Waals surface area contributed by atoms with Gasteiger partial charge in [0.1, 0.15) is 0 Å². The van der Waals surface area contributed by atoms with E-state index in [1.165, 1.54) is 37.7 Å². The monoisotopic (exact) mass is 309 g/mol. The van der Waals surface area contributed by atoms with Gasteiger partial charge in [0.05, 0.1) is 12.2 Å². The predicted octanol–water partition coefficient (Wildman–Crippen LogP) is 3.28. The number of anilines is 1. The first-order valence-corrected chi connectivity index (χ1v) is 8.76. The molecule has 1 aliphatic heterocycles. The Kier molecular flexibility index (Phi) is 3.61. The third-order valence-corrected chi connectivity index (χ3v) is 5.41. The SMILES string of the molecule is Cc1ccc([C@]2(O)C[n+]3ccccc3N2C2CCCCC2)cc1. The van der Waals surface area contributed by atoms with Crippen LogP contribution in [-0.4, -0.2) is 11.1 Å². The van der Waals surface area contributed by atoms with Crippen LogP contribution in [0.4, 0.5) is 5.82 Å². The molecule has 1 fully saturated rings. The topological polar surface area (TPSA) is 27.4 Å². The van der Waals surface area contributed by atoms with Crippen molar-refractivity contribution in [1.82, 2.24) is 0 Å². The summed E-state index contributed by atoms with van der Waals surface area (Å²) in [4.78, 5) is 2.29. The van der Waals surface area contributed by atoms with Gasteiger partial charge < -0.3 is 5.11 Å². The molecule has 1 N–H and O–H groups in total. The standard InChI is InChI=1S/C20H25N2O/c1-16-10-12-17(13-11-16)20(23)15-21-14-6-5-9-19(21)22(20)18-7-3-2-4-8-18/h5-6,9-14,18,23H,2-4,7-8,15H2,1H3/q+1/t20-/m1/s1. The van der Waals surface area contributed by atoms with E-state index >= 15 is 0 Å². The Balaban J connectivity index is 1.79. The number of pyridine rings is 1. The molecule has 0 radical (unpaired) electrons. The molecule has 1 atom stereocenters. The van der Waals surface area contributed by atoms with Crippen LogP contribution < -0.4 is 9.47 Å². The highest BCUT2D eigenvalue weighted by atomic mass is 16.3. The number of fused-ring (bicyclic) bond motifs is 1. The molecule has 1 aromatic heterocycles. The molecule has 0 saturated heterocycles. The maximum absolute atomic E-state index is 11.7. The highest BCUT2D eigenvalue weighted by Gasteiger charge is 2.54. The number of aryl methyl sites for hydroxylation is 1. The van der Waals surface area contributed by atoms with Crippen LogP contribution in [0.25, 0.3) is 0 Å². The summed E-state index contributed by atoms with van der Waals surface area (Å²) in [7, 11) is 0. The molecule has 2 aliphatic rings. The third-order valence-electron chi connectivity index (χ3n) is 5.41. The van der Waals surface area contributed by atoms with Crippen molar-refractivity contribution in [3.63, 3.8) is 0 Å². The Bertz CT molecular complexity index is 691. The fraction of sp³-hybridized carbons (Fsp3) is 0.450. The van der Waals surface area contributed by atoms with E-state index in [0.29, 0.717) is 12.6 Å². The van der Waals surface area contributed by atoms with Gasteiger partial charge in [0, 0.05) is 11.6 Å². The molecule has 1 aromatic carbocycles. The van der Waals surface area contributed by atoms with Gasteiger partial charge in [-0.3, -0.25) is 0 Å². The molecule has 3 nitrogen and oxygen atoms in total. The first kappa shape index (κ1) is 14.7. The molecule has 0 spiro atoms. The first-order chi connectivity index (χ1) is 11.2. The van der Waals surface area contributed by atoms with Crippen molar-refractivity contribution < 1.29 is 9.67 Å². The molecule has 0 bridgehead atoms. The molecular weight excluding hydrogens is 284 g/mol. The average molecular weight is 309 g/mol. The highest BCUT2D eigenvalue weighted by molar-refractivity contribution is 5.44. The van der Waals surface area contributed by atoms with Gasteiger partial charge >= 0.3 is 0 Å². The largest absolute Gasteiger partial charge is 0.346 e. The quantitative estimate of drug-likeness (QED) is 0.862. The van der Waals surface area contributed by atoms with Gasteiger partial charge in [-0.25, -0.2) is 9.47 Å². The highest BCUT2D eigenvalue weighted by Crippen LogP contribution is 2.40. The van der Waals surface area contributed by atoms with Crippen molar-refractivity contribution >= 4 is 5.82 Å². The molecule has 1 aliphatic carbocycles. The molecule has 120 valence electrons. The number of hydrogen-bond donors (Lipinski definition) is 1. The fourth-order valence-corrected chi connectivity index (χ4v) is 4.20. The van der Waals surface area contributed by atoms with Gasteiger partial charge in [-0.15, -0.1) is 0 Å². The second-order valence-corrected chi connectivity index (χ2v) is 7.03. The number of aromatic nitrogens is 1. The number of hydrogen-bond acceptors (Lipinski definition) is 2. The summed E-state index contributed by atoms with van der Waals surface area (Å²) in [5.74, 6) is 1.14. The van der Waals surface area contributed by atoms with E-state index in [2.05, 4.69) is 59.0 Å². The summed E-state index contributed by atoms with van der Waals surface area (Å²) >= 11 is 0. The number of rotatable bonds is 2. The summed E-state index contributed by atoms with van der Waals surface area (Å²) in [6.45, 7) is 2.69. The van der Waals surface area contributed by atoms with Crippen LogP contribution in [0.2, 0.25) is 0 Å². The van der Waals surface area contributed by atoms with Gasteiger partial charge in [0.15, 0.2) is 6.54 Å². The zero-order valence-corrected chi connectivity index (χ0v) is 13.8. The van der Waals surface area contributed by atoms with E-state index in [0.717, 1.165) is 11.4 Å². The van der Waals surface area contributed by atoms with Gasteiger partial charge in [0.2, 0.25) is 0 Å². The van der Waals surface area contributed by atoms with Crippen molar-refractivity contribution in [2.75, 3.05) is 4.90 Å². The summed E-state index contributed by atoms with van der Waals surface area (Å²) in [6, 6.07) is 15.0. The third kappa shape index (κ3) is 2.43. The minimum Gasteiger partial charge on any atom is -0.346 e. The predicted molar refractivity (Wildman–Crippen MR) is 91.1 cm³/mol. The fourth-order valence-electron chi connectivity index (χ4n) is 4.20. The van der Waals surface area contributed by atoms with Gasteiger partial charge in [0.25, 0.3) is 11.5 Å². The minimum atomic E-state index is -0.940. The maximum atomic E-state index is 11.7. The molecule has 1 saturated carbocycles. The van der Waals surface area contributed by atoms with Crippen LogP contribution in [-0.2, 0) is 12.3 Å². The lowest BCUT2D eigenvalue weighted by molar-refractivity contribution is -0.683. The van der Waals surface area contributed by atoms with Crippen molar-refractivity contribution in [2.24, 2.45) is 0 Å². The Morgan fingerprint density at radius 1 is 1.04 bits per heavy atom.